The molecule has 0 radical (unpaired) electrons. The second kappa shape index (κ2) is 6.40. The summed E-state index contributed by atoms with van der Waals surface area (Å²) in [6, 6.07) is 2.03. The lowest BCUT2D eigenvalue weighted by Crippen LogP contribution is -2.49. The molecule has 4 atom stereocenters. The van der Waals surface area contributed by atoms with Crippen molar-refractivity contribution in [2.24, 2.45) is 22.7 Å². The number of rotatable bonds is 2. The van der Waals surface area contributed by atoms with Gasteiger partial charge in [0.15, 0.2) is 11.6 Å². The van der Waals surface area contributed by atoms with Gasteiger partial charge in [0.05, 0.1) is 11.0 Å². The Labute approximate surface area is 155 Å². The quantitative estimate of drug-likeness (QED) is 0.699. The summed E-state index contributed by atoms with van der Waals surface area (Å²) in [7, 11) is 0. The summed E-state index contributed by atoms with van der Waals surface area (Å²) in [5.74, 6) is 6.43. The van der Waals surface area contributed by atoms with E-state index in [1.807, 2.05) is 13.0 Å². The van der Waals surface area contributed by atoms with Crippen LogP contribution in [0.5, 0.6) is 0 Å². The highest BCUT2D eigenvalue weighted by Crippen LogP contribution is 2.60. The maximum absolute atomic E-state index is 12.8. The normalized spacial score (nSPS) is 35.7. The van der Waals surface area contributed by atoms with Crippen molar-refractivity contribution in [3.05, 3.63) is 34.9 Å². The molecule has 4 unspecified atom stereocenters. The van der Waals surface area contributed by atoms with Gasteiger partial charge in [0.1, 0.15) is 6.07 Å². The monoisotopic (exact) mass is 347 g/mol. The van der Waals surface area contributed by atoms with Crippen LogP contribution in [0.25, 0.3) is 0 Å². The lowest BCUT2D eigenvalue weighted by atomic mass is 9.48. The summed E-state index contributed by atoms with van der Waals surface area (Å²) in [5.41, 5.74) is 1.06. The highest BCUT2D eigenvalue weighted by molar-refractivity contribution is 6.09. The average Bonchev–Trinajstić information content (AvgIpc) is 2.60. The predicted molar refractivity (Wildman–Crippen MR) is 101 cm³/mol. The first kappa shape index (κ1) is 18.4. The molecule has 0 aromatic carbocycles. The molecule has 3 nitrogen and oxygen atoms in total. The van der Waals surface area contributed by atoms with Crippen molar-refractivity contribution in [1.29, 1.82) is 5.26 Å². The number of nitrogens with zero attached hydrogens (tertiary/aromatic N) is 1. The van der Waals surface area contributed by atoms with Gasteiger partial charge in [-0.2, -0.15) is 5.26 Å². The van der Waals surface area contributed by atoms with Gasteiger partial charge in [-0.3, -0.25) is 9.59 Å². The number of carbonyl (C=O) groups is 2. The Hall–Kier alpha value is -2.39. The zero-order chi connectivity index (χ0) is 19.1. The molecule has 1 saturated carbocycles. The molecule has 134 valence electrons. The van der Waals surface area contributed by atoms with Crippen LogP contribution in [0.3, 0.4) is 0 Å². The molecule has 0 spiro atoms. The minimum absolute atomic E-state index is 0.0588. The number of carbonyl (C=O) groups excluding carboxylic acids is 2. The van der Waals surface area contributed by atoms with Crippen molar-refractivity contribution >= 4 is 11.6 Å². The van der Waals surface area contributed by atoms with Crippen molar-refractivity contribution in [2.75, 3.05) is 0 Å². The third-order valence-electron chi connectivity index (χ3n) is 6.41. The van der Waals surface area contributed by atoms with Crippen LogP contribution in [0.4, 0.5) is 0 Å². The fourth-order valence-electron chi connectivity index (χ4n) is 5.26. The molecule has 3 aliphatic rings. The van der Waals surface area contributed by atoms with E-state index in [0.717, 1.165) is 36.8 Å². The third kappa shape index (κ3) is 2.50. The van der Waals surface area contributed by atoms with Crippen molar-refractivity contribution in [2.45, 2.75) is 53.4 Å². The van der Waals surface area contributed by atoms with Crippen LogP contribution < -0.4 is 0 Å². The van der Waals surface area contributed by atoms with E-state index >= 15 is 0 Å². The van der Waals surface area contributed by atoms with Gasteiger partial charge in [0.25, 0.3) is 0 Å². The molecule has 0 aliphatic heterocycles. The molecule has 0 N–H and O–H groups in total. The van der Waals surface area contributed by atoms with Gasteiger partial charge in [0.2, 0.25) is 0 Å². The summed E-state index contributed by atoms with van der Waals surface area (Å²) >= 11 is 0. The minimum atomic E-state index is -0.576. The van der Waals surface area contributed by atoms with Gasteiger partial charge in [-0.15, -0.1) is 5.92 Å². The molecule has 3 heteroatoms. The Morgan fingerprint density at radius 3 is 2.65 bits per heavy atom. The zero-order valence-electron chi connectivity index (χ0n) is 16.0. The van der Waals surface area contributed by atoms with Crippen molar-refractivity contribution in [3.63, 3.8) is 0 Å². The number of Topliss-reactive ketones (excluding diaryl/α,β-unsaturated/α-hetero) is 1. The van der Waals surface area contributed by atoms with Crippen LogP contribution in [0, 0.1) is 45.8 Å². The molecule has 3 aliphatic carbocycles. The van der Waals surface area contributed by atoms with Crippen molar-refractivity contribution < 1.29 is 9.59 Å². The molecule has 0 heterocycles. The topological polar surface area (TPSA) is 57.9 Å². The van der Waals surface area contributed by atoms with Gasteiger partial charge >= 0.3 is 0 Å². The molecule has 0 saturated heterocycles. The van der Waals surface area contributed by atoms with E-state index in [0.29, 0.717) is 0 Å². The van der Waals surface area contributed by atoms with Crippen LogP contribution in [-0.2, 0) is 9.59 Å². The maximum atomic E-state index is 12.8. The molecule has 0 aromatic heterocycles. The number of nitriles is 1. The Bertz CT molecular complexity index is 870. The summed E-state index contributed by atoms with van der Waals surface area (Å²) in [5, 5.41) is 9.35. The lowest BCUT2D eigenvalue weighted by Gasteiger charge is -2.53. The van der Waals surface area contributed by atoms with Crippen LogP contribution in [0.15, 0.2) is 34.9 Å². The fraction of sp³-hybridized carbons (Fsp3) is 0.522. The van der Waals surface area contributed by atoms with Crippen LogP contribution >= 0.6 is 0 Å². The molecule has 0 aromatic rings. The standard InChI is InChI=1S/C23H25NO2/c1-5-7-16-12-22(4)18(15(3)21(16)26)8-10-23(9-6-2)13-17(14-24)19(25)11-20(22)23/h11-13,15,18H,5,7-8,10H2,1-4H3. The number of fused-ring (bicyclic) bond motifs is 3. The largest absolute Gasteiger partial charge is 0.294 e. The third-order valence-corrected chi connectivity index (χ3v) is 6.41. The van der Waals surface area contributed by atoms with Crippen molar-refractivity contribution in [3.8, 4) is 17.9 Å². The minimum Gasteiger partial charge on any atom is -0.294 e. The number of hydrogen-bond donors (Lipinski definition) is 0. The van der Waals surface area contributed by atoms with E-state index < -0.39 is 5.41 Å². The summed E-state index contributed by atoms with van der Waals surface area (Å²) in [6.07, 6.45) is 8.80. The summed E-state index contributed by atoms with van der Waals surface area (Å²) in [6.45, 7) is 8.04. The SMILES string of the molecule is CC#CC12C=C(C#N)C(=O)C=C1C1(C)C=C(CCC)C(=O)C(C)C1CC2. The van der Waals surface area contributed by atoms with Crippen LogP contribution in [0.2, 0.25) is 0 Å². The van der Waals surface area contributed by atoms with Gasteiger partial charge in [-0.25, -0.2) is 0 Å². The fourth-order valence-corrected chi connectivity index (χ4v) is 5.26. The zero-order valence-corrected chi connectivity index (χ0v) is 16.0. The molecule has 0 amide bonds. The number of hydrogen-bond acceptors (Lipinski definition) is 3. The first-order chi connectivity index (χ1) is 12.3. The molecule has 0 bridgehead atoms. The second-order valence-electron chi connectivity index (χ2n) is 7.94. The Morgan fingerprint density at radius 1 is 1.31 bits per heavy atom. The van der Waals surface area contributed by atoms with Gasteiger partial charge in [0, 0.05) is 11.3 Å². The molecular weight excluding hydrogens is 322 g/mol. The van der Waals surface area contributed by atoms with Crippen LogP contribution in [0.1, 0.15) is 53.4 Å². The highest BCUT2D eigenvalue weighted by atomic mass is 16.1. The van der Waals surface area contributed by atoms with E-state index in [2.05, 4.69) is 31.8 Å². The Kier molecular flexibility index (Phi) is 4.53. The molecule has 3 rings (SSSR count). The van der Waals surface area contributed by atoms with Crippen molar-refractivity contribution in [1.82, 2.24) is 0 Å². The van der Waals surface area contributed by atoms with Gasteiger partial charge in [-0.05, 0) is 55.4 Å². The first-order valence-electron chi connectivity index (χ1n) is 9.42. The lowest BCUT2D eigenvalue weighted by molar-refractivity contribution is -0.123. The average molecular weight is 347 g/mol. The Morgan fingerprint density at radius 2 is 2.04 bits per heavy atom. The van der Waals surface area contributed by atoms with Gasteiger partial charge < -0.3 is 0 Å². The van der Waals surface area contributed by atoms with E-state index in [1.165, 1.54) is 0 Å². The smallest absolute Gasteiger partial charge is 0.196 e. The first-order valence-corrected chi connectivity index (χ1v) is 9.42. The molecule has 1 fully saturated rings. The number of ketones is 2. The van der Waals surface area contributed by atoms with E-state index in [-0.39, 0.29) is 34.4 Å². The molecule has 26 heavy (non-hydrogen) atoms. The van der Waals surface area contributed by atoms with E-state index in [9.17, 15) is 14.9 Å². The summed E-state index contributed by atoms with van der Waals surface area (Å²) in [4.78, 5) is 25.3. The summed E-state index contributed by atoms with van der Waals surface area (Å²) < 4.78 is 0. The number of allylic oxidation sites excluding steroid dienone is 6. The Balaban J connectivity index is 2.24. The molecular formula is C23H25NO2. The second-order valence-corrected chi connectivity index (χ2v) is 7.94. The van der Waals surface area contributed by atoms with E-state index in [1.54, 1.807) is 19.1 Å². The van der Waals surface area contributed by atoms with E-state index in [4.69, 9.17) is 0 Å². The van der Waals surface area contributed by atoms with Gasteiger partial charge in [-0.1, -0.05) is 39.2 Å². The maximum Gasteiger partial charge on any atom is 0.196 e. The predicted octanol–water partition coefficient (Wildman–Crippen LogP) is 4.32. The highest BCUT2D eigenvalue weighted by Gasteiger charge is 2.55. The van der Waals surface area contributed by atoms with Crippen LogP contribution in [-0.4, -0.2) is 11.6 Å².